The van der Waals surface area contributed by atoms with E-state index in [9.17, 15) is 9.59 Å². The number of hydrogen-bond donors (Lipinski definition) is 2. The summed E-state index contributed by atoms with van der Waals surface area (Å²) in [6, 6.07) is 19.6. The molecule has 0 bridgehead atoms. The molecule has 3 rings (SSSR count). The number of amides is 1. The van der Waals surface area contributed by atoms with Crippen LogP contribution in [0.2, 0.25) is 0 Å². The number of carbonyl (C=O) groups is 1. The fourth-order valence-electron chi connectivity index (χ4n) is 3.25. The van der Waals surface area contributed by atoms with Crippen LogP contribution in [0.15, 0.2) is 65.5 Å². The Kier molecular flexibility index (Phi) is 5.81. The molecule has 0 aliphatic carbocycles. The maximum Gasteiger partial charge on any atom is 0.251 e. The summed E-state index contributed by atoms with van der Waals surface area (Å²) >= 11 is 0. The summed E-state index contributed by atoms with van der Waals surface area (Å²) in [7, 11) is 0. The molecule has 1 aromatic heterocycles. The van der Waals surface area contributed by atoms with E-state index in [1.54, 1.807) is 6.92 Å². The zero-order chi connectivity index (χ0) is 19.2. The van der Waals surface area contributed by atoms with Crippen molar-refractivity contribution in [1.82, 2.24) is 15.3 Å². The predicted molar refractivity (Wildman–Crippen MR) is 106 cm³/mol. The highest BCUT2D eigenvalue weighted by molar-refractivity contribution is 5.77. The van der Waals surface area contributed by atoms with Gasteiger partial charge in [-0.25, -0.2) is 4.98 Å². The summed E-state index contributed by atoms with van der Waals surface area (Å²) in [5, 5.41) is 2.89. The van der Waals surface area contributed by atoms with Crippen LogP contribution in [0.25, 0.3) is 0 Å². The number of H-pyrrole nitrogens is 1. The first-order chi connectivity index (χ1) is 13.0. The number of carbonyl (C=O) groups excluding carboxylic acids is 1. The van der Waals surface area contributed by atoms with Crippen molar-refractivity contribution in [1.29, 1.82) is 0 Å². The minimum Gasteiger partial charge on any atom is -0.350 e. The highest BCUT2D eigenvalue weighted by Gasteiger charge is 2.19. The van der Waals surface area contributed by atoms with Gasteiger partial charge in [0.15, 0.2) is 0 Å². The van der Waals surface area contributed by atoms with Gasteiger partial charge in [0, 0.05) is 18.4 Å². The topological polar surface area (TPSA) is 74.8 Å². The van der Waals surface area contributed by atoms with Gasteiger partial charge < -0.3 is 10.3 Å². The van der Waals surface area contributed by atoms with Crippen LogP contribution in [-0.2, 0) is 11.3 Å². The van der Waals surface area contributed by atoms with Crippen molar-refractivity contribution >= 4 is 5.91 Å². The second-order valence-corrected chi connectivity index (χ2v) is 6.62. The highest BCUT2D eigenvalue weighted by Crippen LogP contribution is 2.30. The number of rotatable bonds is 6. The summed E-state index contributed by atoms with van der Waals surface area (Å²) < 4.78 is 0. The Morgan fingerprint density at radius 3 is 2.48 bits per heavy atom. The fourth-order valence-corrected chi connectivity index (χ4v) is 3.25. The quantitative estimate of drug-likeness (QED) is 0.708. The molecule has 5 nitrogen and oxygen atoms in total. The molecule has 2 N–H and O–H groups in total. The number of nitrogens with zero attached hydrogens (tertiary/aromatic N) is 1. The van der Waals surface area contributed by atoms with E-state index in [0.717, 1.165) is 16.7 Å². The average molecular weight is 361 g/mol. The third-order valence-corrected chi connectivity index (χ3v) is 4.54. The summed E-state index contributed by atoms with van der Waals surface area (Å²) in [6.45, 7) is 4.02. The Labute approximate surface area is 158 Å². The smallest absolute Gasteiger partial charge is 0.251 e. The molecule has 1 amide bonds. The van der Waals surface area contributed by atoms with E-state index in [0.29, 0.717) is 17.9 Å². The van der Waals surface area contributed by atoms with E-state index in [1.807, 2.05) is 42.5 Å². The Bertz CT molecular complexity index is 980. The van der Waals surface area contributed by atoms with Crippen LogP contribution >= 0.6 is 0 Å². The van der Waals surface area contributed by atoms with Crippen LogP contribution in [-0.4, -0.2) is 15.9 Å². The Morgan fingerprint density at radius 2 is 1.78 bits per heavy atom. The molecule has 0 saturated heterocycles. The molecule has 5 heteroatoms. The van der Waals surface area contributed by atoms with E-state index >= 15 is 0 Å². The molecule has 1 unspecified atom stereocenters. The molecule has 0 aliphatic heterocycles. The molecular formula is C22H23N3O2. The Hall–Kier alpha value is -3.21. The molecule has 0 saturated carbocycles. The van der Waals surface area contributed by atoms with Gasteiger partial charge in [-0.2, -0.15) is 0 Å². The molecule has 0 radical (unpaired) electrons. The van der Waals surface area contributed by atoms with Gasteiger partial charge in [-0.15, -0.1) is 0 Å². The van der Waals surface area contributed by atoms with Crippen molar-refractivity contribution in [2.24, 2.45) is 0 Å². The van der Waals surface area contributed by atoms with Crippen LogP contribution in [0.5, 0.6) is 0 Å². The lowest BCUT2D eigenvalue weighted by Crippen LogP contribution is -2.26. The number of aromatic nitrogens is 2. The van der Waals surface area contributed by atoms with Gasteiger partial charge in [0.05, 0.1) is 12.2 Å². The summed E-state index contributed by atoms with van der Waals surface area (Å²) in [5.41, 5.74) is 3.74. The molecule has 0 fully saturated rings. The normalized spacial score (nSPS) is 11.8. The molecule has 27 heavy (non-hydrogen) atoms. The van der Waals surface area contributed by atoms with E-state index in [4.69, 9.17) is 0 Å². The van der Waals surface area contributed by atoms with E-state index in [1.165, 1.54) is 6.07 Å². The monoisotopic (exact) mass is 361 g/mol. The van der Waals surface area contributed by atoms with Crippen LogP contribution < -0.4 is 10.9 Å². The number of hydrogen-bond acceptors (Lipinski definition) is 3. The number of benzene rings is 2. The maximum atomic E-state index is 12.6. The van der Waals surface area contributed by atoms with Crippen LogP contribution in [0.1, 0.15) is 40.5 Å². The third-order valence-electron chi connectivity index (χ3n) is 4.54. The molecule has 1 heterocycles. The largest absolute Gasteiger partial charge is 0.350 e. The maximum absolute atomic E-state index is 12.6. The molecule has 138 valence electrons. The lowest BCUT2D eigenvalue weighted by atomic mass is 9.86. The van der Waals surface area contributed by atoms with Crippen LogP contribution in [0, 0.1) is 13.8 Å². The average Bonchev–Trinajstić information content (AvgIpc) is 2.65. The van der Waals surface area contributed by atoms with Crippen molar-refractivity contribution in [3.63, 3.8) is 0 Å². The van der Waals surface area contributed by atoms with Crippen molar-refractivity contribution in [3.8, 4) is 0 Å². The van der Waals surface area contributed by atoms with E-state index < -0.39 is 0 Å². The van der Waals surface area contributed by atoms with Crippen molar-refractivity contribution in [3.05, 3.63) is 99.2 Å². The number of aromatic amines is 1. The highest BCUT2D eigenvalue weighted by atomic mass is 16.1. The standard InChI is InChI=1S/C22H23N3O2/c1-15-8-6-7-11-19(15)20(17-9-4-3-5-10-17)13-21(26)23-14-18-12-22(27)25-16(2)24-18/h3-12,20H,13-14H2,1-2H3,(H,23,26)(H,24,25,27). The summed E-state index contributed by atoms with van der Waals surface area (Å²) in [6.07, 6.45) is 0.330. The first-order valence-electron chi connectivity index (χ1n) is 8.97. The zero-order valence-electron chi connectivity index (χ0n) is 15.5. The van der Waals surface area contributed by atoms with Gasteiger partial charge >= 0.3 is 0 Å². The van der Waals surface area contributed by atoms with Crippen LogP contribution in [0.3, 0.4) is 0 Å². The van der Waals surface area contributed by atoms with Gasteiger partial charge in [0.25, 0.3) is 5.56 Å². The first-order valence-corrected chi connectivity index (χ1v) is 8.97. The fraction of sp³-hybridized carbons (Fsp3) is 0.227. The third kappa shape index (κ3) is 4.91. The Balaban J connectivity index is 1.77. The molecule has 0 aliphatic rings. The van der Waals surface area contributed by atoms with E-state index in [-0.39, 0.29) is 23.9 Å². The SMILES string of the molecule is Cc1nc(CNC(=O)CC(c2ccccc2)c2ccccc2C)cc(=O)[nH]1. The predicted octanol–water partition coefficient (Wildman–Crippen LogP) is 3.23. The van der Waals surface area contributed by atoms with Gasteiger partial charge in [-0.3, -0.25) is 9.59 Å². The number of nitrogens with one attached hydrogen (secondary N) is 2. The van der Waals surface area contributed by atoms with Crippen LogP contribution in [0.4, 0.5) is 0 Å². The molecule has 3 aromatic rings. The lowest BCUT2D eigenvalue weighted by Gasteiger charge is -2.20. The van der Waals surface area contributed by atoms with Gasteiger partial charge in [0.2, 0.25) is 5.91 Å². The summed E-state index contributed by atoms with van der Waals surface area (Å²) in [4.78, 5) is 31.0. The zero-order valence-corrected chi connectivity index (χ0v) is 15.5. The van der Waals surface area contributed by atoms with Crippen molar-refractivity contribution in [2.75, 3.05) is 0 Å². The van der Waals surface area contributed by atoms with Crippen molar-refractivity contribution < 1.29 is 4.79 Å². The van der Waals surface area contributed by atoms with Gasteiger partial charge in [-0.05, 0) is 30.5 Å². The van der Waals surface area contributed by atoms with Gasteiger partial charge in [0.1, 0.15) is 5.82 Å². The molecule has 0 spiro atoms. The van der Waals surface area contributed by atoms with Gasteiger partial charge in [-0.1, -0.05) is 54.6 Å². The minimum absolute atomic E-state index is 0.0266. The second-order valence-electron chi connectivity index (χ2n) is 6.62. The number of aryl methyl sites for hydroxylation is 2. The first kappa shape index (κ1) is 18.6. The second kappa shape index (κ2) is 8.45. The molecule has 2 aromatic carbocycles. The minimum atomic E-state index is -0.214. The van der Waals surface area contributed by atoms with E-state index in [2.05, 4.69) is 34.3 Å². The summed E-state index contributed by atoms with van der Waals surface area (Å²) in [5.74, 6) is 0.432. The Morgan fingerprint density at radius 1 is 1.07 bits per heavy atom. The molecular weight excluding hydrogens is 338 g/mol. The van der Waals surface area contributed by atoms with Crippen molar-refractivity contribution in [2.45, 2.75) is 32.7 Å². The lowest BCUT2D eigenvalue weighted by molar-refractivity contribution is -0.121. The molecule has 1 atom stereocenters.